The molecule has 5 nitrogen and oxygen atoms in total. The van der Waals surface area contributed by atoms with Gasteiger partial charge < -0.3 is 20.1 Å². The second-order valence-electron chi connectivity index (χ2n) is 5.84. The molecule has 1 atom stereocenters. The van der Waals surface area contributed by atoms with Crippen molar-refractivity contribution in [2.24, 2.45) is 4.99 Å². The van der Waals surface area contributed by atoms with Crippen molar-refractivity contribution in [1.29, 1.82) is 0 Å². The molecule has 0 bridgehead atoms. The summed E-state index contributed by atoms with van der Waals surface area (Å²) in [5.74, 6) is 2.72. The zero-order chi connectivity index (χ0) is 16.7. The van der Waals surface area contributed by atoms with Gasteiger partial charge in [0.25, 0.3) is 0 Å². The van der Waals surface area contributed by atoms with Crippen molar-refractivity contribution in [2.45, 2.75) is 52.7 Å². The molecule has 2 N–H and O–H groups in total. The number of ether oxygens (including phenoxy) is 2. The zero-order valence-electron chi connectivity index (χ0n) is 15.1. The SMILES string of the molecule is CCCCNC(=NC)NCc1cc2c(cc1OCC)CC(C)O2.I. The van der Waals surface area contributed by atoms with Crippen LogP contribution < -0.4 is 20.1 Å². The van der Waals surface area contributed by atoms with E-state index >= 15 is 0 Å². The molecule has 0 saturated carbocycles. The minimum atomic E-state index is 0. The van der Waals surface area contributed by atoms with Gasteiger partial charge >= 0.3 is 0 Å². The molecule has 0 aliphatic carbocycles. The second-order valence-corrected chi connectivity index (χ2v) is 5.84. The van der Waals surface area contributed by atoms with Crippen LogP contribution in [0.1, 0.15) is 44.7 Å². The van der Waals surface area contributed by atoms with Gasteiger partial charge in [-0.1, -0.05) is 13.3 Å². The van der Waals surface area contributed by atoms with Crippen molar-refractivity contribution in [2.75, 3.05) is 20.2 Å². The molecule has 24 heavy (non-hydrogen) atoms. The van der Waals surface area contributed by atoms with E-state index in [1.165, 1.54) is 12.0 Å². The monoisotopic (exact) mass is 447 g/mol. The molecule has 1 aromatic rings. The third-order valence-corrected chi connectivity index (χ3v) is 3.87. The Balaban J connectivity index is 0.00000288. The summed E-state index contributed by atoms with van der Waals surface area (Å²) in [6.45, 7) is 8.53. The largest absolute Gasteiger partial charge is 0.494 e. The van der Waals surface area contributed by atoms with Crippen molar-refractivity contribution in [3.05, 3.63) is 23.3 Å². The average Bonchev–Trinajstić information content (AvgIpc) is 2.90. The molecular weight excluding hydrogens is 417 g/mol. The van der Waals surface area contributed by atoms with E-state index in [-0.39, 0.29) is 30.1 Å². The highest BCUT2D eigenvalue weighted by atomic mass is 127. The lowest BCUT2D eigenvalue weighted by Crippen LogP contribution is -2.37. The average molecular weight is 447 g/mol. The van der Waals surface area contributed by atoms with Gasteiger partial charge in [0, 0.05) is 37.7 Å². The number of guanidine groups is 1. The van der Waals surface area contributed by atoms with E-state index in [4.69, 9.17) is 9.47 Å². The minimum absolute atomic E-state index is 0. The summed E-state index contributed by atoms with van der Waals surface area (Å²) in [7, 11) is 1.79. The minimum Gasteiger partial charge on any atom is -0.494 e. The van der Waals surface area contributed by atoms with Crippen LogP contribution in [0.2, 0.25) is 0 Å². The summed E-state index contributed by atoms with van der Waals surface area (Å²) < 4.78 is 11.7. The van der Waals surface area contributed by atoms with Gasteiger partial charge in [0.15, 0.2) is 5.96 Å². The summed E-state index contributed by atoms with van der Waals surface area (Å²) in [6.07, 6.45) is 3.49. The number of rotatable bonds is 7. The van der Waals surface area contributed by atoms with E-state index < -0.39 is 0 Å². The second kappa shape index (κ2) is 10.6. The number of halogens is 1. The molecule has 0 fully saturated rings. The van der Waals surface area contributed by atoms with Crippen LogP contribution in [0.3, 0.4) is 0 Å². The lowest BCUT2D eigenvalue weighted by molar-refractivity contribution is 0.254. The third-order valence-electron chi connectivity index (χ3n) is 3.87. The van der Waals surface area contributed by atoms with Gasteiger partial charge in [-0.05, 0) is 32.4 Å². The lowest BCUT2D eigenvalue weighted by atomic mass is 10.1. The van der Waals surface area contributed by atoms with Gasteiger partial charge in [-0.3, -0.25) is 4.99 Å². The van der Waals surface area contributed by atoms with Gasteiger partial charge in [0.1, 0.15) is 17.6 Å². The summed E-state index contributed by atoms with van der Waals surface area (Å²) >= 11 is 0. The molecule has 1 aliphatic heterocycles. The maximum absolute atomic E-state index is 5.86. The van der Waals surface area contributed by atoms with Gasteiger partial charge in [-0.25, -0.2) is 0 Å². The molecule has 2 rings (SSSR count). The Morgan fingerprint density at radius 1 is 1.33 bits per heavy atom. The zero-order valence-corrected chi connectivity index (χ0v) is 17.5. The molecule has 6 heteroatoms. The lowest BCUT2D eigenvalue weighted by Gasteiger charge is -2.15. The first-order valence-corrected chi connectivity index (χ1v) is 8.57. The van der Waals surface area contributed by atoms with Crippen LogP contribution in [-0.2, 0) is 13.0 Å². The Kier molecular flexibility index (Phi) is 9.25. The molecular formula is C18H30IN3O2. The summed E-state index contributed by atoms with van der Waals surface area (Å²) in [5.41, 5.74) is 2.33. The molecule has 0 aromatic heterocycles. The molecule has 0 spiro atoms. The Morgan fingerprint density at radius 2 is 2.12 bits per heavy atom. The van der Waals surface area contributed by atoms with E-state index in [1.54, 1.807) is 7.05 Å². The maximum atomic E-state index is 5.86. The standard InChI is InChI=1S/C18H29N3O2.HI/c1-5-7-8-20-18(19-4)21-12-15-11-17-14(9-13(3)23-17)10-16(15)22-6-2;/h10-11,13H,5-9,12H2,1-4H3,(H2,19,20,21);1H. The van der Waals surface area contributed by atoms with E-state index in [2.05, 4.69) is 41.6 Å². The van der Waals surface area contributed by atoms with E-state index in [0.717, 1.165) is 42.4 Å². The Bertz CT molecular complexity index is 549. The number of nitrogens with zero attached hydrogens (tertiary/aromatic N) is 1. The van der Waals surface area contributed by atoms with Crippen LogP contribution in [0.5, 0.6) is 11.5 Å². The highest BCUT2D eigenvalue weighted by molar-refractivity contribution is 14.0. The first-order chi connectivity index (χ1) is 11.2. The molecule has 0 saturated heterocycles. The molecule has 0 amide bonds. The van der Waals surface area contributed by atoms with Crippen molar-refractivity contribution in [3.63, 3.8) is 0 Å². The number of aliphatic imine (C=N–C) groups is 1. The predicted octanol–water partition coefficient (Wildman–Crippen LogP) is 3.49. The number of benzene rings is 1. The van der Waals surface area contributed by atoms with E-state index in [0.29, 0.717) is 13.2 Å². The van der Waals surface area contributed by atoms with Gasteiger partial charge in [-0.15, -0.1) is 24.0 Å². The fraction of sp³-hybridized carbons (Fsp3) is 0.611. The van der Waals surface area contributed by atoms with Crippen LogP contribution >= 0.6 is 24.0 Å². The topological polar surface area (TPSA) is 54.9 Å². The van der Waals surface area contributed by atoms with Crippen LogP contribution in [0, 0.1) is 0 Å². The highest BCUT2D eigenvalue weighted by Gasteiger charge is 2.21. The fourth-order valence-electron chi connectivity index (χ4n) is 2.69. The fourth-order valence-corrected chi connectivity index (χ4v) is 2.69. The van der Waals surface area contributed by atoms with Crippen LogP contribution in [-0.4, -0.2) is 32.3 Å². The number of nitrogens with one attached hydrogen (secondary N) is 2. The third kappa shape index (κ3) is 5.72. The highest BCUT2D eigenvalue weighted by Crippen LogP contribution is 2.35. The Labute approximate surface area is 162 Å². The molecule has 1 aromatic carbocycles. The Hall–Kier alpha value is -1.18. The smallest absolute Gasteiger partial charge is 0.191 e. The van der Waals surface area contributed by atoms with E-state index in [9.17, 15) is 0 Å². The van der Waals surface area contributed by atoms with Gasteiger partial charge in [-0.2, -0.15) is 0 Å². The summed E-state index contributed by atoms with van der Waals surface area (Å²) in [6, 6.07) is 4.21. The quantitative estimate of drug-likeness (QED) is 0.291. The number of fused-ring (bicyclic) bond motifs is 1. The van der Waals surface area contributed by atoms with Crippen molar-refractivity contribution < 1.29 is 9.47 Å². The van der Waals surface area contributed by atoms with Crippen molar-refractivity contribution in [3.8, 4) is 11.5 Å². The van der Waals surface area contributed by atoms with E-state index in [1.807, 2.05) is 6.92 Å². The summed E-state index contributed by atoms with van der Waals surface area (Å²) in [4.78, 5) is 4.26. The molecule has 1 unspecified atom stereocenters. The first-order valence-electron chi connectivity index (χ1n) is 8.57. The van der Waals surface area contributed by atoms with Crippen LogP contribution in [0.25, 0.3) is 0 Å². The molecule has 1 aliphatic rings. The van der Waals surface area contributed by atoms with Crippen LogP contribution in [0.4, 0.5) is 0 Å². The first kappa shape index (κ1) is 20.9. The number of hydrogen-bond acceptors (Lipinski definition) is 3. The number of hydrogen-bond donors (Lipinski definition) is 2. The van der Waals surface area contributed by atoms with Crippen molar-refractivity contribution in [1.82, 2.24) is 10.6 Å². The molecule has 0 radical (unpaired) electrons. The van der Waals surface area contributed by atoms with Gasteiger partial charge in [0.2, 0.25) is 0 Å². The molecule has 1 heterocycles. The number of unbranched alkanes of at least 4 members (excludes halogenated alkanes) is 1. The summed E-state index contributed by atoms with van der Waals surface area (Å²) in [5, 5.41) is 6.67. The van der Waals surface area contributed by atoms with Crippen LogP contribution in [0.15, 0.2) is 17.1 Å². The Morgan fingerprint density at radius 3 is 2.79 bits per heavy atom. The predicted molar refractivity (Wildman–Crippen MR) is 110 cm³/mol. The maximum Gasteiger partial charge on any atom is 0.191 e. The normalized spacial score (nSPS) is 16.0. The van der Waals surface area contributed by atoms with Crippen molar-refractivity contribution >= 4 is 29.9 Å². The van der Waals surface area contributed by atoms with Gasteiger partial charge in [0.05, 0.1) is 6.61 Å². The molecule has 136 valence electrons.